The fourth-order valence-electron chi connectivity index (χ4n) is 0.459. The second kappa shape index (κ2) is 8.02. The predicted octanol–water partition coefficient (Wildman–Crippen LogP) is 3.50. The van der Waals surface area contributed by atoms with Crippen molar-refractivity contribution >= 4 is 23.5 Å². The van der Waals surface area contributed by atoms with Crippen LogP contribution in [0.1, 0.15) is 0 Å². The molecule has 0 heterocycles. The van der Waals surface area contributed by atoms with E-state index in [9.17, 15) is 0 Å². The molecule has 0 saturated heterocycles. The Morgan fingerprint density at radius 1 is 1.27 bits per heavy atom. The smallest absolute Gasteiger partial charge is 0.0689 e. The minimum Gasteiger partial charge on any atom is -0.139 e. The van der Waals surface area contributed by atoms with E-state index in [1.807, 2.05) is 29.7 Å². The van der Waals surface area contributed by atoms with Crippen molar-refractivity contribution in [2.45, 2.75) is 4.58 Å². The van der Waals surface area contributed by atoms with Crippen LogP contribution in [-0.4, -0.2) is 10.3 Å². The lowest BCUT2D eigenvalue weighted by Crippen LogP contribution is -1.90. The van der Waals surface area contributed by atoms with Gasteiger partial charge in [-0.3, -0.25) is 0 Å². The quantitative estimate of drug-likeness (QED) is 0.440. The van der Waals surface area contributed by atoms with E-state index in [-0.39, 0.29) is 0 Å². The Hall–Kier alpha value is -0.0800. The first-order valence-corrected chi connectivity index (χ1v) is 5.29. The first kappa shape index (κ1) is 10.9. The van der Waals surface area contributed by atoms with Gasteiger partial charge in [-0.15, -0.1) is 43.3 Å². The third-order valence-electron chi connectivity index (χ3n) is 0.880. The Labute approximate surface area is 77.8 Å². The molecular weight excluding hydrogens is 172 g/mol. The number of rotatable bonds is 7. The Morgan fingerprint density at radius 2 is 2.00 bits per heavy atom. The first-order valence-electron chi connectivity index (χ1n) is 3.30. The fraction of sp³-hybridized carbons (Fsp3) is 0.222. The zero-order valence-electron chi connectivity index (χ0n) is 6.53. The van der Waals surface area contributed by atoms with Crippen LogP contribution in [-0.2, 0) is 0 Å². The molecule has 0 amide bonds. The molecule has 0 N–H and O–H groups in total. The molecule has 0 aromatic rings. The molecule has 0 nitrogen and oxygen atoms in total. The summed E-state index contributed by atoms with van der Waals surface area (Å²) < 4.78 is 0.422. The van der Waals surface area contributed by atoms with E-state index < -0.39 is 0 Å². The van der Waals surface area contributed by atoms with Gasteiger partial charge in [0.1, 0.15) is 0 Å². The van der Waals surface area contributed by atoms with Gasteiger partial charge in [-0.25, -0.2) is 0 Å². The summed E-state index contributed by atoms with van der Waals surface area (Å²) in [6.45, 7) is 11.0. The van der Waals surface area contributed by atoms with E-state index in [1.54, 1.807) is 17.8 Å². The molecule has 0 aliphatic carbocycles. The molecule has 0 aromatic carbocycles. The summed E-state index contributed by atoms with van der Waals surface area (Å²) in [4.78, 5) is 0. The summed E-state index contributed by atoms with van der Waals surface area (Å²) >= 11 is 3.52. The van der Waals surface area contributed by atoms with Crippen LogP contribution in [0, 0.1) is 5.75 Å². The molecule has 0 aromatic heterocycles. The fourth-order valence-corrected chi connectivity index (χ4v) is 2.04. The molecule has 2 heteroatoms. The minimum atomic E-state index is 0.422. The van der Waals surface area contributed by atoms with Crippen LogP contribution in [0.25, 0.3) is 0 Å². The van der Waals surface area contributed by atoms with Crippen LogP contribution >= 0.6 is 23.5 Å². The van der Waals surface area contributed by atoms with Gasteiger partial charge in [0.25, 0.3) is 0 Å². The molecular formula is C9H13S2. The summed E-state index contributed by atoms with van der Waals surface area (Å²) in [5, 5.41) is 0. The molecule has 0 bridgehead atoms. The van der Waals surface area contributed by atoms with Gasteiger partial charge in [-0.2, -0.15) is 0 Å². The van der Waals surface area contributed by atoms with Gasteiger partial charge in [-0.1, -0.05) is 18.2 Å². The number of hydrogen-bond acceptors (Lipinski definition) is 2. The van der Waals surface area contributed by atoms with Crippen molar-refractivity contribution < 1.29 is 0 Å². The van der Waals surface area contributed by atoms with E-state index in [4.69, 9.17) is 0 Å². The van der Waals surface area contributed by atoms with Crippen molar-refractivity contribution in [2.75, 3.05) is 5.75 Å². The van der Waals surface area contributed by atoms with Crippen molar-refractivity contribution in [2.24, 2.45) is 0 Å². The van der Waals surface area contributed by atoms with Gasteiger partial charge in [0, 0.05) is 11.5 Å². The van der Waals surface area contributed by atoms with Gasteiger partial charge < -0.3 is 0 Å². The molecule has 0 rings (SSSR count). The van der Waals surface area contributed by atoms with E-state index >= 15 is 0 Å². The minimum absolute atomic E-state index is 0.422. The van der Waals surface area contributed by atoms with Crippen LogP contribution in [0.2, 0.25) is 0 Å². The van der Waals surface area contributed by atoms with Gasteiger partial charge >= 0.3 is 0 Å². The molecule has 1 unspecified atom stereocenters. The SMILES string of the molecule is C=C[CH]SC(C=C)SCC=C. The molecule has 11 heavy (non-hydrogen) atoms. The van der Waals surface area contributed by atoms with E-state index in [0.717, 1.165) is 5.75 Å². The molecule has 0 aliphatic heterocycles. The molecule has 1 radical (unpaired) electrons. The van der Waals surface area contributed by atoms with E-state index in [1.165, 1.54) is 0 Å². The normalized spacial score (nSPS) is 9.55. The van der Waals surface area contributed by atoms with E-state index in [2.05, 4.69) is 19.7 Å². The van der Waals surface area contributed by atoms with Gasteiger partial charge in [0.2, 0.25) is 0 Å². The highest BCUT2D eigenvalue weighted by Gasteiger charge is 2.01. The topological polar surface area (TPSA) is 0 Å². The number of hydrogen-bond donors (Lipinski definition) is 0. The molecule has 61 valence electrons. The highest BCUT2D eigenvalue weighted by atomic mass is 32.2. The first-order chi connectivity index (χ1) is 5.35. The van der Waals surface area contributed by atoms with Crippen molar-refractivity contribution in [3.8, 4) is 0 Å². The Morgan fingerprint density at radius 3 is 2.45 bits per heavy atom. The third-order valence-corrected chi connectivity index (χ3v) is 3.38. The highest BCUT2D eigenvalue weighted by Crippen LogP contribution is 2.26. The summed E-state index contributed by atoms with van der Waals surface area (Å²) in [7, 11) is 0. The maximum absolute atomic E-state index is 3.74. The molecule has 1 atom stereocenters. The standard InChI is InChI=1S/C9H13S2/c1-4-7-10-9(6-3)11-8-5-2/h4-7,9H,1-3,8H2. The predicted molar refractivity (Wildman–Crippen MR) is 58.7 cm³/mol. The van der Waals surface area contributed by atoms with Crippen LogP contribution in [0.4, 0.5) is 0 Å². The molecule has 0 aliphatic rings. The van der Waals surface area contributed by atoms with Crippen LogP contribution in [0.3, 0.4) is 0 Å². The van der Waals surface area contributed by atoms with Crippen molar-refractivity contribution in [3.63, 3.8) is 0 Å². The second-order valence-corrected chi connectivity index (χ2v) is 4.26. The Balaban J connectivity index is 3.47. The molecule has 0 fully saturated rings. The van der Waals surface area contributed by atoms with E-state index in [0.29, 0.717) is 4.58 Å². The van der Waals surface area contributed by atoms with Crippen molar-refractivity contribution in [1.82, 2.24) is 0 Å². The monoisotopic (exact) mass is 185 g/mol. The van der Waals surface area contributed by atoms with Gasteiger partial charge in [-0.05, 0) is 0 Å². The lowest BCUT2D eigenvalue weighted by molar-refractivity contribution is 1.65. The number of thioether (sulfide) groups is 2. The average molecular weight is 185 g/mol. The summed E-state index contributed by atoms with van der Waals surface area (Å²) in [5.74, 6) is 2.94. The summed E-state index contributed by atoms with van der Waals surface area (Å²) in [5.41, 5.74) is 0. The summed E-state index contributed by atoms with van der Waals surface area (Å²) in [6.07, 6.45) is 5.62. The van der Waals surface area contributed by atoms with Crippen molar-refractivity contribution in [3.05, 3.63) is 43.7 Å². The largest absolute Gasteiger partial charge is 0.139 e. The van der Waals surface area contributed by atoms with Crippen molar-refractivity contribution in [1.29, 1.82) is 0 Å². The Kier molecular flexibility index (Phi) is 7.96. The second-order valence-electron chi connectivity index (χ2n) is 1.73. The highest BCUT2D eigenvalue weighted by molar-refractivity contribution is 8.18. The lowest BCUT2D eigenvalue weighted by Gasteiger charge is -2.07. The molecule has 0 saturated carbocycles. The lowest BCUT2D eigenvalue weighted by atomic mass is 10.7. The third kappa shape index (κ3) is 6.32. The van der Waals surface area contributed by atoms with Crippen LogP contribution in [0.5, 0.6) is 0 Å². The molecule has 0 spiro atoms. The van der Waals surface area contributed by atoms with Gasteiger partial charge in [0.05, 0.1) is 4.58 Å². The maximum atomic E-state index is 3.74. The average Bonchev–Trinajstić information content (AvgIpc) is 2.05. The maximum Gasteiger partial charge on any atom is 0.0689 e. The van der Waals surface area contributed by atoms with Crippen LogP contribution < -0.4 is 0 Å². The zero-order chi connectivity index (χ0) is 8.53. The van der Waals surface area contributed by atoms with Crippen LogP contribution in [0.15, 0.2) is 38.0 Å². The van der Waals surface area contributed by atoms with Gasteiger partial charge in [0.15, 0.2) is 0 Å². The Bertz CT molecular complexity index is 118. The summed E-state index contributed by atoms with van der Waals surface area (Å²) in [6, 6.07) is 0. The zero-order valence-corrected chi connectivity index (χ0v) is 8.16.